The molecule has 2 atom stereocenters. The van der Waals surface area contributed by atoms with E-state index in [1.807, 2.05) is 0 Å². The minimum atomic E-state index is -1.01. The van der Waals surface area contributed by atoms with Gasteiger partial charge in [-0.25, -0.2) is 0 Å². The highest BCUT2D eigenvalue weighted by atomic mass is 16.4. The van der Waals surface area contributed by atoms with Crippen molar-refractivity contribution in [2.45, 2.75) is 32.7 Å². The van der Waals surface area contributed by atoms with Crippen LogP contribution >= 0.6 is 0 Å². The van der Waals surface area contributed by atoms with E-state index in [9.17, 15) is 14.4 Å². The van der Waals surface area contributed by atoms with Gasteiger partial charge in [0, 0.05) is 19.0 Å². The van der Waals surface area contributed by atoms with Crippen molar-refractivity contribution in [2.24, 2.45) is 11.8 Å². The Morgan fingerprint density at radius 1 is 1.28 bits per heavy atom. The van der Waals surface area contributed by atoms with Crippen LogP contribution < -0.4 is 5.32 Å². The lowest BCUT2D eigenvalue weighted by molar-refractivity contribution is -0.149. The molecule has 0 spiro atoms. The quantitative estimate of drug-likeness (QED) is 0.704. The smallest absolute Gasteiger partial charge is 0.307 e. The average molecular weight is 256 g/mol. The summed E-state index contributed by atoms with van der Waals surface area (Å²) < 4.78 is 0. The minimum Gasteiger partial charge on any atom is -0.481 e. The highest BCUT2D eigenvalue weighted by molar-refractivity contribution is 5.88. The van der Waals surface area contributed by atoms with Crippen molar-refractivity contribution in [1.29, 1.82) is 0 Å². The number of hydrogen-bond donors (Lipinski definition) is 2. The number of carbonyl (C=O) groups excluding carboxylic acids is 2. The van der Waals surface area contributed by atoms with E-state index in [1.54, 1.807) is 6.92 Å². The third kappa shape index (κ3) is 4.01. The maximum atomic E-state index is 11.9. The van der Waals surface area contributed by atoms with Gasteiger partial charge in [-0.05, 0) is 12.8 Å². The number of likely N-dealkylation sites (N-methyl/N-ethyl adjacent to an activating group) is 1. The number of nitrogens with one attached hydrogen (secondary N) is 1. The van der Waals surface area contributed by atoms with Gasteiger partial charge in [-0.15, -0.1) is 0 Å². The van der Waals surface area contributed by atoms with Crippen molar-refractivity contribution in [2.75, 3.05) is 13.6 Å². The predicted molar refractivity (Wildman–Crippen MR) is 64.8 cm³/mol. The van der Waals surface area contributed by atoms with E-state index in [-0.39, 0.29) is 24.4 Å². The molecule has 0 saturated heterocycles. The number of carboxylic acid groups (broad SMARTS) is 1. The third-order valence-corrected chi connectivity index (χ3v) is 3.23. The first-order valence-corrected chi connectivity index (χ1v) is 6.10. The van der Waals surface area contributed by atoms with Crippen molar-refractivity contribution < 1.29 is 19.5 Å². The molecule has 2 amide bonds. The number of nitrogens with zero attached hydrogens (tertiary/aromatic N) is 1. The molecule has 0 aliphatic heterocycles. The highest BCUT2D eigenvalue weighted by Gasteiger charge is 2.29. The topological polar surface area (TPSA) is 86.7 Å². The standard InChI is InChI=1S/C12H20N2O4/c1-7(8(2)12(17)18)11(16)14(3)6-10(15)13-9-4-5-9/h7-9H,4-6H2,1-3H3,(H,13,15)(H,17,18). The minimum absolute atomic E-state index is 0.0218. The largest absolute Gasteiger partial charge is 0.481 e. The molecule has 6 heteroatoms. The van der Waals surface area contributed by atoms with Gasteiger partial charge in [0.2, 0.25) is 11.8 Å². The lowest BCUT2D eigenvalue weighted by atomic mass is 9.95. The molecule has 0 aromatic carbocycles. The Labute approximate surface area is 106 Å². The van der Waals surface area contributed by atoms with E-state index in [0.29, 0.717) is 0 Å². The van der Waals surface area contributed by atoms with Crippen LogP contribution in [0.25, 0.3) is 0 Å². The van der Waals surface area contributed by atoms with Crippen LogP contribution in [0.1, 0.15) is 26.7 Å². The molecule has 0 radical (unpaired) electrons. The molecule has 0 aromatic rings. The number of aliphatic carboxylic acids is 1. The SMILES string of the molecule is CC(C(=O)O)C(C)C(=O)N(C)CC(=O)NC1CC1. The Balaban J connectivity index is 2.43. The van der Waals surface area contributed by atoms with E-state index in [4.69, 9.17) is 5.11 Å². The van der Waals surface area contributed by atoms with Gasteiger partial charge in [0.1, 0.15) is 0 Å². The normalized spacial score (nSPS) is 17.7. The molecule has 1 saturated carbocycles. The molecule has 18 heavy (non-hydrogen) atoms. The second-order valence-corrected chi connectivity index (χ2v) is 4.95. The number of hydrogen-bond acceptors (Lipinski definition) is 3. The molecule has 1 aliphatic rings. The fraction of sp³-hybridized carbons (Fsp3) is 0.750. The Hall–Kier alpha value is -1.59. The summed E-state index contributed by atoms with van der Waals surface area (Å²) >= 11 is 0. The summed E-state index contributed by atoms with van der Waals surface area (Å²) in [6.07, 6.45) is 1.99. The molecule has 1 rings (SSSR count). The van der Waals surface area contributed by atoms with E-state index in [0.717, 1.165) is 12.8 Å². The molecule has 6 nitrogen and oxygen atoms in total. The Morgan fingerprint density at radius 3 is 2.28 bits per heavy atom. The zero-order valence-corrected chi connectivity index (χ0v) is 11.0. The number of rotatable bonds is 6. The van der Waals surface area contributed by atoms with E-state index in [1.165, 1.54) is 18.9 Å². The first-order valence-electron chi connectivity index (χ1n) is 6.10. The lowest BCUT2D eigenvalue weighted by Crippen LogP contribution is -2.43. The van der Waals surface area contributed by atoms with Gasteiger partial charge >= 0.3 is 5.97 Å². The Kier molecular flexibility index (Phi) is 4.69. The van der Waals surface area contributed by atoms with Gasteiger partial charge in [0.05, 0.1) is 12.5 Å². The van der Waals surface area contributed by atoms with E-state index < -0.39 is 17.8 Å². The highest BCUT2D eigenvalue weighted by Crippen LogP contribution is 2.18. The van der Waals surface area contributed by atoms with Gasteiger partial charge in [0.15, 0.2) is 0 Å². The first kappa shape index (κ1) is 14.5. The number of carboxylic acids is 1. The van der Waals surface area contributed by atoms with Crippen molar-refractivity contribution in [3.05, 3.63) is 0 Å². The van der Waals surface area contributed by atoms with E-state index in [2.05, 4.69) is 5.32 Å². The second kappa shape index (κ2) is 5.84. The summed E-state index contributed by atoms with van der Waals surface area (Å²) in [4.78, 5) is 35.5. The monoisotopic (exact) mass is 256 g/mol. The Morgan fingerprint density at radius 2 is 1.83 bits per heavy atom. The summed E-state index contributed by atoms with van der Waals surface area (Å²) in [5.74, 6) is -2.92. The van der Waals surface area contributed by atoms with Crippen molar-refractivity contribution >= 4 is 17.8 Å². The van der Waals surface area contributed by atoms with Crippen molar-refractivity contribution in [3.8, 4) is 0 Å². The summed E-state index contributed by atoms with van der Waals surface area (Å²) in [7, 11) is 1.51. The Bertz CT molecular complexity index is 352. The molecular formula is C12H20N2O4. The molecule has 0 bridgehead atoms. The molecule has 102 valence electrons. The third-order valence-electron chi connectivity index (χ3n) is 3.23. The van der Waals surface area contributed by atoms with Crippen LogP contribution in [0.15, 0.2) is 0 Å². The zero-order chi connectivity index (χ0) is 13.9. The molecular weight excluding hydrogens is 236 g/mol. The second-order valence-electron chi connectivity index (χ2n) is 4.95. The molecule has 0 aromatic heterocycles. The molecule has 1 aliphatic carbocycles. The van der Waals surface area contributed by atoms with Crippen LogP contribution in [0.4, 0.5) is 0 Å². The molecule has 2 unspecified atom stereocenters. The zero-order valence-electron chi connectivity index (χ0n) is 11.0. The van der Waals surface area contributed by atoms with E-state index >= 15 is 0 Å². The average Bonchev–Trinajstić information content (AvgIpc) is 3.09. The summed E-state index contributed by atoms with van der Waals surface area (Å²) in [6.45, 7) is 3.03. The van der Waals surface area contributed by atoms with Crippen molar-refractivity contribution in [3.63, 3.8) is 0 Å². The van der Waals surface area contributed by atoms with Crippen LogP contribution in [-0.2, 0) is 14.4 Å². The van der Waals surface area contributed by atoms with Crippen LogP contribution in [0.2, 0.25) is 0 Å². The lowest BCUT2D eigenvalue weighted by Gasteiger charge is -2.23. The fourth-order valence-electron chi connectivity index (χ4n) is 1.57. The number of carbonyl (C=O) groups is 3. The first-order chi connectivity index (χ1) is 8.32. The van der Waals surface area contributed by atoms with Gasteiger partial charge in [-0.2, -0.15) is 0 Å². The van der Waals surface area contributed by atoms with Gasteiger partial charge in [-0.1, -0.05) is 13.8 Å². The van der Waals surface area contributed by atoms with Gasteiger partial charge in [0.25, 0.3) is 0 Å². The summed E-state index contributed by atoms with van der Waals surface area (Å²) in [6, 6.07) is 0.261. The van der Waals surface area contributed by atoms with Crippen LogP contribution in [0.5, 0.6) is 0 Å². The van der Waals surface area contributed by atoms with Crippen LogP contribution in [-0.4, -0.2) is 47.4 Å². The van der Waals surface area contributed by atoms with Crippen LogP contribution in [0.3, 0.4) is 0 Å². The fourth-order valence-corrected chi connectivity index (χ4v) is 1.57. The maximum Gasteiger partial charge on any atom is 0.307 e. The predicted octanol–water partition coefficient (Wildman–Crippen LogP) is 0.0802. The summed E-state index contributed by atoms with van der Waals surface area (Å²) in [5.41, 5.74) is 0. The molecule has 0 heterocycles. The van der Waals surface area contributed by atoms with Crippen molar-refractivity contribution in [1.82, 2.24) is 10.2 Å². The molecule has 1 fully saturated rings. The molecule has 2 N–H and O–H groups in total. The summed E-state index contributed by atoms with van der Waals surface area (Å²) in [5, 5.41) is 11.6. The van der Waals surface area contributed by atoms with Crippen LogP contribution in [0, 0.1) is 11.8 Å². The number of amides is 2. The van der Waals surface area contributed by atoms with Gasteiger partial charge in [-0.3, -0.25) is 14.4 Å². The maximum absolute atomic E-state index is 11.9. The van der Waals surface area contributed by atoms with Gasteiger partial charge < -0.3 is 15.3 Å².